The molecule has 0 amide bonds. The minimum Gasteiger partial charge on any atom is -0.489 e. The number of hydrogen-bond acceptors (Lipinski definition) is 5. The van der Waals surface area contributed by atoms with E-state index in [1.807, 2.05) is 79.7 Å². The fourth-order valence-corrected chi connectivity index (χ4v) is 8.42. The number of hydrogen-bond donors (Lipinski definition) is 1. The molecule has 222 valence electrons. The lowest BCUT2D eigenvalue weighted by Gasteiger charge is -2.40. The van der Waals surface area contributed by atoms with Crippen molar-refractivity contribution in [2.45, 2.75) is 81.8 Å². The summed E-state index contributed by atoms with van der Waals surface area (Å²) in [6.45, 7) is 4.66. The third-order valence-electron chi connectivity index (χ3n) is 8.48. The molecule has 5 nitrogen and oxygen atoms in total. The van der Waals surface area contributed by atoms with Crippen LogP contribution in [0.2, 0.25) is 0 Å². The quantitative estimate of drug-likeness (QED) is 0.217. The largest absolute Gasteiger partial charge is 0.489 e. The molecule has 2 atom stereocenters. The number of unbranched alkanes of at least 4 members (excludes halogenated alkanes) is 2. The van der Waals surface area contributed by atoms with Gasteiger partial charge in [0.2, 0.25) is 0 Å². The Labute approximate surface area is 251 Å². The van der Waals surface area contributed by atoms with Gasteiger partial charge in [-0.25, -0.2) is 8.42 Å². The van der Waals surface area contributed by atoms with Crippen molar-refractivity contribution < 1.29 is 18.3 Å². The van der Waals surface area contributed by atoms with Gasteiger partial charge in [-0.3, -0.25) is 0 Å². The summed E-state index contributed by atoms with van der Waals surface area (Å²) >= 11 is 5.91. The lowest BCUT2D eigenvalue weighted by Crippen LogP contribution is -2.43. The summed E-state index contributed by atoms with van der Waals surface area (Å²) in [6, 6.07) is 21.4. The van der Waals surface area contributed by atoms with Crippen molar-refractivity contribution >= 4 is 27.1 Å². The highest BCUT2D eigenvalue weighted by atomic mass is 35.5. The normalized spacial score (nSPS) is 19.3. The van der Waals surface area contributed by atoms with Crippen LogP contribution in [0, 0.1) is 5.41 Å². The summed E-state index contributed by atoms with van der Waals surface area (Å²) in [5.41, 5.74) is 3.86. The van der Waals surface area contributed by atoms with Gasteiger partial charge in [0.1, 0.15) is 12.4 Å². The zero-order valence-corrected chi connectivity index (χ0v) is 26.3. The minimum atomic E-state index is -3.63. The predicted octanol–water partition coefficient (Wildman–Crippen LogP) is 7.72. The Morgan fingerprint density at radius 2 is 1.54 bits per heavy atom. The number of anilines is 1. The molecule has 1 aliphatic rings. The number of ether oxygens (including phenoxy) is 1. The van der Waals surface area contributed by atoms with E-state index < -0.39 is 27.3 Å². The average Bonchev–Trinajstić information content (AvgIpc) is 3.04. The smallest absolute Gasteiger partial charge is 0.179 e. The van der Waals surface area contributed by atoms with Crippen LogP contribution in [0.1, 0.15) is 80.5 Å². The molecule has 0 spiro atoms. The van der Waals surface area contributed by atoms with Gasteiger partial charge in [-0.1, -0.05) is 75.9 Å². The number of benzene rings is 3. The molecule has 1 N–H and O–H groups in total. The van der Waals surface area contributed by atoms with Crippen molar-refractivity contribution in [2.24, 2.45) is 5.41 Å². The second-order valence-corrected chi connectivity index (χ2v) is 13.9. The molecule has 4 rings (SSSR count). The van der Waals surface area contributed by atoms with Crippen LogP contribution in [0.5, 0.6) is 5.75 Å². The Hall–Kier alpha value is -2.54. The summed E-state index contributed by atoms with van der Waals surface area (Å²) < 4.78 is 34.1. The summed E-state index contributed by atoms with van der Waals surface area (Å²) in [7, 11) is 0.263. The Morgan fingerprint density at radius 3 is 2.10 bits per heavy atom. The fourth-order valence-electron chi connectivity index (χ4n) is 6.05. The van der Waals surface area contributed by atoms with Crippen LogP contribution >= 0.6 is 11.6 Å². The third-order valence-corrected chi connectivity index (χ3v) is 10.8. The number of fused-ring (bicyclic) bond motifs is 1. The van der Waals surface area contributed by atoms with Gasteiger partial charge in [0.05, 0.1) is 16.8 Å². The first-order valence-electron chi connectivity index (χ1n) is 14.7. The van der Waals surface area contributed by atoms with Crippen LogP contribution < -0.4 is 9.64 Å². The van der Waals surface area contributed by atoms with Gasteiger partial charge in [-0.15, -0.1) is 11.6 Å². The summed E-state index contributed by atoms with van der Waals surface area (Å²) in [6.07, 6.45) is 4.16. The number of sulfone groups is 1. The van der Waals surface area contributed by atoms with Crippen LogP contribution in [0.25, 0.3) is 0 Å². The second-order valence-electron chi connectivity index (χ2n) is 11.7. The van der Waals surface area contributed by atoms with Gasteiger partial charge >= 0.3 is 0 Å². The van der Waals surface area contributed by atoms with Crippen LogP contribution in [-0.4, -0.2) is 39.5 Å². The van der Waals surface area contributed by atoms with E-state index in [2.05, 4.69) is 13.8 Å². The monoisotopic (exact) mass is 597 g/mol. The summed E-state index contributed by atoms with van der Waals surface area (Å²) in [5, 5.41) is 12.3. The van der Waals surface area contributed by atoms with Crippen LogP contribution in [0.4, 0.5) is 5.69 Å². The van der Waals surface area contributed by atoms with Crippen molar-refractivity contribution in [3.8, 4) is 5.75 Å². The van der Waals surface area contributed by atoms with Crippen LogP contribution in [0.3, 0.4) is 0 Å². The standard InChI is InChI=1S/C34H44ClNO4S/c1-5-7-19-34(20-8-6-2)24-41(38,39)31-18-15-28(36(3)4)21-30(31)32(33(34)37)27-13-16-29(17-14-27)40-23-26-11-9-25(22-35)10-12-26/h9-18,21,32-33,37H,5-8,19-20,22-24H2,1-4H3/t32-,33-/m0/s1. The molecule has 0 fully saturated rings. The Kier molecular flexibility index (Phi) is 10.4. The molecular weight excluding hydrogens is 554 g/mol. The van der Waals surface area contributed by atoms with E-state index >= 15 is 0 Å². The molecule has 0 aliphatic carbocycles. The van der Waals surface area contributed by atoms with Gasteiger partial charge in [0.15, 0.2) is 9.84 Å². The second kappa shape index (κ2) is 13.6. The third kappa shape index (κ3) is 7.10. The lowest BCUT2D eigenvalue weighted by atomic mass is 9.68. The first kappa shape index (κ1) is 31.4. The molecule has 1 heterocycles. The molecule has 1 aliphatic heterocycles. The van der Waals surface area contributed by atoms with E-state index in [1.165, 1.54) is 0 Å². The molecule has 0 aromatic heterocycles. The Morgan fingerprint density at radius 1 is 0.927 bits per heavy atom. The highest BCUT2D eigenvalue weighted by Gasteiger charge is 2.49. The molecule has 0 unspecified atom stereocenters. The SMILES string of the molecule is CCCCC1(CCCC)CS(=O)(=O)c2ccc(N(C)C)cc2[C@H](c2ccc(OCc3ccc(CCl)cc3)cc2)[C@@H]1O. The van der Waals surface area contributed by atoms with Crippen molar-refractivity contribution in [3.05, 3.63) is 89.0 Å². The van der Waals surface area contributed by atoms with Gasteiger partial charge < -0.3 is 14.7 Å². The van der Waals surface area contributed by atoms with Gasteiger partial charge in [-0.05, 0) is 65.4 Å². The first-order chi connectivity index (χ1) is 19.6. The van der Waals surface area contributed by atoms with Crippen molar-refractivity contribution in [1.82, 2.24) is 0 Å². The van der Waals surface area contributed by atoms with E-state index in [0.717, 1.165) is 53.8 Å². The maximum absolute atomic E-state index is 14.0. The zero-order chi connectivity index (χ0) is 29.6. The lowest BCUT2D eigenvalue weighted by molar-refractivity contribution is 0.0127. The van der Waals surface area contributed by atoms with Crippen molar-refractivity contribution in [1.29, 1.82) is 0 Å². The summed E-state index contributed by atoms with van der Waals surface area (Å²) in [4.78, 5) is 2.31. The Bertz CT molecular complexity index is 1380. The highest BCUT2D eigenvalue weighted by molar-refractivity contribution is 7.91. The molecule has 41 heavy (non-hydrogen) atoms. The maximum Gasteiger partial charge on any atom is 0.179 e. The van der Waals surface area contributed by atoms with Crippen LogP contribution in [0.15, 0.2) is 71.6 Å². The Balaban J connectivity index is 1.75. The number of nitrogens with zero attached hydrogens (tertiary/aromatic N) is 1. The highest BCUT2D eigenvalue weighted by Crippen LogP contribution is 2.50. The van der Waals surface area contributed by atoms with E-state index in [9.17, 15) is 13.5 Å². The number of aliphatic hydroxyl groups excluding tert-OH is 1. The first-order valence-corrected chi connectivity index (χ1v) is 16.9. The van der Waals surface area contributed by atoms with E-state index in [1.54, 1.807) is 6.07 Å². The van der Waals surface area contributed by atoms with Crippen LogP contribution in [-0.2, 0) is 22.3 Å². The molecule has 0 bridgehead atoms. The molecule has 7 heteroatoms. The molecule has 0 saturated carbocycles. The van der Waals surface area contributed by atoms with Gasteiger partial charge in [-0.2, -0.15) is 0 Å². The number of halogens is 1. The predicted molar refractivity (Wildman–Crippen MR) is 169 cm³/mol. The zero-order valence-electron chi connectivity index (χ0n) is 24.8. The molecular formula is C34H44ClNO4S. The number of aliphatic hydroxyl groups is 1. The van der Waals surface area contributed by atoms with Gasteiger partial charge in [0, 0.05) is 37.0 Å². The van der Waals surface area contributed by atoms with E-state index in [4.69, 9.17) is 16.3 Å². The maximum atomic E-state index is 14.0. The van der Waals surface area contributed by atoms with E-state index in [0.29, 0.717) is 35.8 Å². The number of alkyl halides is 1. The van der Waals surface area contributed by atoms with Gasteiger partial charge in [0.25, 0.3) is 0 Å². The molecule has 0 saturated heterocycles. The molecule has 3 aromatic carbocycles. The topological polar surface area (TPSA) is 66.8 Å². The number of rotatable bonds is 12. The van der Waals surface area contributed by atoms with Crippen molar-refractivity contribution in [2.75, 3.05) is 24.7 Å². The fraction of sp³-hybridized carbons (Fsp3) is 0.471. The van der Waals surface area contributed by atoms with Crippen molar-refractivity contribution in [3.63, 3.8) is 0 Å². The summed E-state index contributed by atoms with van der Waals surface area (Å²) in [5.74, 6) is 0.689. The average molecular weight is 598 g/mol. The molecule has 0 radical (unpaired) electrons. The van der Waals surface area contributed by atoms with E-state index in [-0.39, 0.29) is 5.75 Å². The molecule has 3 aromatic rings. The minimum absolute atomic E-state index is 0.0321.